The summed E-state index contributed by atoms with van der Waals surface area (Å²) in [5.41, 5.74) is 14.2. The standard InChI is InChI=1S/C40H31N3/c1-39(2)28-19-11-8-16-25(28)33-30(39)22-23-32-34(33)27-18-10-13-21-31(27)43(32)38-41-36(24-14-6-5-7-15-24)35-26-17-9-12-20-29(26)40(3,4)37(35)42-38/h5-23H,1-4H3. The second kappa shape index (κ2) is 8.29. The Morgan fingerprint density at radius 3 is 1.91 bits per heavy atom. The summed E-state index contributed by atoms with van der Waals surface area (Å²) in [6, 6.07) is 41.6. The second-order valence-electron chi connectivity index (χ2n) is 13.0. The zero-order chi connectivity index (χ0) is 29.1. The van der Waals surface area contributed by atoms with Crippen molar-refractivity contribution >= 4 is 21.8 Å². The Morgan fingerprint density at radius 2 is 1.14 bits per heavy atom. The van der Waals surface area contributed by atoms with Crippen molar-refractivity contribution < 1.29 is 0 Å². The van der Waals surface area contributed by atoms with Crippen molar-refractivity contribution in [1.29, 1.82) is 0 Å². The minimum atomic E-state index is -0.254. The van der Waals surface area contributed by atoms with Crippen LogP contribution in [0.15, 0.2) is 115 Å². The molecule has 0 saturated carbocycles. The molecular weight excluding hydrogens is 522 g/mol. The van der Waals surface area contributed by atoms with Crippen molar-refractivity contribution in [1.82, 2.24) is 14.5 Å². The minimum Gasteiger partial charge on any atom is -0.278 e. The van der Waals surface area contributed by atoms with Gasteiger partial charge in [-0.3, -0.25) is 4.57 Å². The summed E-state index contributed by atoms with van der Waals surface area (Å²) < 4.78 is 2.30. The Balaban J connectivity index is 1.42. The van der Waals surface area contributed by atoms with E-state index in [1.165, 1.54) is 44.2 Å². The minimum absolute atomic E-state index is 0.0658. The van der Waals surface area contributed by atoms with E-state index < -0.39 is 0 Å². The van der Waals surface area contributed by atoms with Crippen molar-refractivity contribution in [3.63, 3.8) is 0 Å². The summed E-state index contributed by atoms with van der Waals surface area (Å²) in [5, 5.41) is 2.51. The lowest BCUT2D eigenvalue weighted by Crippen LogP contribution is -2.18. The molecule has 0 bridgehead atoms. The summed E-state index contributed by atoms with van der Waals surface area (Å²) in [4.78, 5) is 10.9. The third-order valence-corrected chi connectivity index (χ3v) is 9.99. The lowest BCUT2D eigenvalue weighted by atomic mass is 9.82. The average Bonchev–Trinajstić information content (AvgIpc) is 3.58. The average molecular weight is 554 g/mol. The molecule has 0 aliphatic heterocycles. The number of rotatable bonds is 2. The summed E-state index contributed by atoms with van der Waals surface area (Å²) >= 11 is 0. The van der Waals surface area contributed by atoms with Crippen molar-refractivity contribution in [2.75, 3.05) is 0 Å². The van der Waals surface area contributed by atoms with Gasteiger partial charge in [0.15, 0.2) is 0 Å². The van der Waals surface area contributed by atoms with Crippen LogP contribution in [0.3, 0.4) is 0 Å². The molecule has 2 aromatic heterocycles. The molecule has 5 aromatic carbocycles. The number of para-hydroxylation sites is 1. The van der Waals surface area contributed by atoms with Gasteiger partial charge in [0.2, 0.25) is 5.95 Å². The highest BCUT2D eigenvalue weighted by Crippen LogP contribution is 2.54. The summed E-state index contributed by atoms with van der Waals surface area (Å²) in [5.74, 6) is 0.718. The van der Waals surface area contributed by atoms with Gasteiger partial charge in [-0.1, -0.05) is 131 Å². The predicted molar refractivity (Wildman–Crippen MR) is 177 cm³/mol. The van der Waals surface area contributed by atoms with E-state index in [1.807, 2.05) is 0 Å². The second-order valence-corrected chi connectivity index (χ2v) is 13.0. The van der Waals surface area contributed by atoms with Crippen molar-refractivity contribution in [2.24, 2.45) is 0 Å². The highest BCUT2D eigenvalue weighted by molar-refractivity contribution is 6.17. The maximum atomic E-state index is 5.47. The first kappa shape index (κ1) is 24.6. The Labute approximate surface area is 251 Å². The van der Waals surface area contributed by atoms with Gasteiger partial charge in [0.1, 0.15) is 0 Å². The zero-order valence-corrected chi connectivity index (χ0v) is 24.8. The summed E-state index contributed by atoms with van der Waals surface area (Å²) in [6.07, 6.45) is 0. The van der Waals surface area contributed by atoms with E-state index in [4.69, 9.17) is 9.97 Å². The normalized spacial score (nSPS) is 15.3. The maximum Gasteiger partial charge on any atom is 0.235 e. The van der Waals surface area contributed by atoms with Gasteiger partial charge in [-0.25, -0.2) is 9.97 Å². The third-order valence-electron chi connectivity index (χ3n) is 9.99. The maximum absolute atomic E-state index is 5.47. The van der Waals surface area contributed by atoms with Crippen molar-refractivity contribution in [2.45, 2.75) is 38.5 Å². The smallest absolute Gasteiger partial charge is 0.235 e. The molecule has 0 unspecified atom stereocenters. The van der Waals surface area contributed by atoms with Crippen LogP contribution in [0, 0.1) is 0 Å². The highest BCUT2D eigenvalue weighted by atomic mass is 15.2. The molecule has 9 rings (SSSR count). The van der Waals surface area contributed by atoms with Crippen LogP contribution in [0.2, 0.25) is 0 Å². The molecule has 0 amide bonds. The van der Waals surface area contributed by atoms with Crippen LogP contribution in [-0.2, 0) is 10.8 Å². The van der Waals surface area contributed by atoms with Gasteiger partial charge >= 0.3 is 0 Å². The Kier molecular flexibility index (Phi) is 4.74. The first-order valence-electron chi connectivity index (χ1n) is 15.1. The van der Waals surface area contributed by atoms with Gasteiger partial charge in [0.25, 0.3) is 0 Å². The quantitative estimate of drug-likeness (QED) is 0.213. The van der Waals surface area contributed by atoms with E-state index in [1.54, 1.807) is 0 Å². The number of fused-ring (bicyclic) bond motifs is 10. The molecule has 0 saturated heterocycles. The zero-order valence-electron chi connectivity index (χ0n) is 24.8. The molecule has 0 atom stereocenters. The Hall–Kier alpha value is -5.02. The van der Waals surface area contributed by atoms with E-state index in [0.717, 1.165) is 39.5 Å². The molecule has 2 heterocycles. The molecule has 2 aliphatic rings. The SMILES string of the molecule is CC1(C)c2ccccc2-c2c1ccc1c2c2ccccc2n1-c1nc(-c2ccccc2)c2c(n1)C(C)(C)c1ccccc1-2. The molecule has 2 aliphatic carbocycles. The van der Waals surface area contributed by atoms with E-state index in [9.17, 15) is 0 Å². The molecule has 43 heavy (non-hydrogen) atoms. The van der Waals surface area contributed by atoms with Crippen LogP contribution < -0.4 is 0 Å². The number of hydrogen-bond donors (Lipinski definition) is 0. The van der Waals surface area contributed by atoms with Crippen molar-refractivity contribution in [3.8, 4) is 39.5 Å². The van der Waals surface area contributed by atoms with Crippen LogP contribution in [0.4, 0.5) is 0 Å². The monoisotopic (exact) mass is 553 g/mol. The van der Waals surface area contributed by atoms with Gasteiger partial charge in [-0.15, -0.1) is 0 Å². The van der Waals surface area contributed by atoms with Gasteiger partial charge in [-0.05, 0) is 45.5 Å². The Morgan fingerprint density at radius 1 is 0.512 bits per heavy atom. The molecule has 7 aromatic rings. The fraction of sp³-hybridized carbons (Fsp3) is 0.150. The lowest BCUT2D eigenvalue weighted by Gasteiger charge is -2.22. The van der Waals surface area contributed by atoms with E-state index in [0.29, 0.717) is 0 Å². The molecular formula is C40H31N3. The fourth-order valence-electron chi connectivity index (χ4n) is 7.90. The first-order chi connectivity index (χ1) is 20.9. The van der Waals surface area contributed by atoms with E-state index >= 15 is 0 Å². The lowest BCUT2D eigenvalue weighted by molar-refractivity contribution is 0.632. The number of benzene rings is 5. The first-order valence-corrected chi connectivity index (χ1v) is 15.1. The van der Waals surface area contributed by atoms with Crippen LogP contribution in [0.5, 0.6) is 0 Å². The van der Waals surface area contributed by atoms with Gasteiger partial charge < -0.3 is 0 Å². The summed E-state index contributed by atoms with van der Waals surface area (Å²) in [6.45, 7) is 9.28. The predicted octanol–water partition coefficient (Wildman–Crippen LogP) is 9.85. The van der Waals surface area contributed by atoms with Gasteiger partial charge in [0.05, 0.1) is 22.4 Å². The molecule has 3 heteroatoms. The largest absolute Gasteiger partial charge is 0.278 e. The molecule has 0 N–H and O–H groups in total. The van der Waals surface area contributed by atoms with Crippen molar-refractivity contribution in [3.05, 3.63) is 138 Å². The summed E-state index contributed by atoms with van der Waals surface area (Å²) in [7, 11) is 0. The van der Waals surface area contributed by atoms with Gasteiger partial charge in [0, 0.05) is 32.7 Å². The van der Waals surface area contributed by atoms with E-state index in [2.05, 4.69) is 148 Å². The van der Waals surface area contributed by atoms with Crippen LogP contribution in [-0.4, -0.2) is 14.5 Å². The number of aromatic nitrogens is 3. The molecule has 206 valence electrons. The number of nitrogens with zero attached hydrogens (tertiary/aromatic N) is 3. The fourth-order valence-corrected chi connectivity index (χ4v) is 7.90. The number of hydrogen-bond acceptors (Lipinski definition) is 2. The molecule has 0 radical (unpaired) electrons. The van der Waals surface area contributed by atoms with Gasteiger partial charge in [-0.2, -0.15) is 0 Å². The third kappa shape index (κ3) is 3.09. The van der Waals surface area contributed by atoms with Crippen LogP contribution in [0.1, 0.15) is 50.1 Å². The van der Waals surface area contributed by atoms with E-state index in [-0.39, 0.29) is 10.8 Å². The topological polar surface area (TPSA) is 30.7 Å². The highest BCUT2D eigenvalue weighted by Gasteiger charge is 2.41. The molecule has 3 nitrogen and oxygen atoms in total. The Bertz CT molecular complexity index is 2290. The van der Waals surface area contributed by atoms with Crippen LogP contribution >= 0.6 is 0 Å². The van der Waals surface area contributed by atoms with Crippen LogP contribution in [0.25, 0.3) is 61.3 Å². The molecule has 0 fully saturated rings. The molecule has 0 spiro atoms.